The number of pyridine rings is 1. The fourth-order valence-electron chi connectivity index (χ4n) is 2.70. The van der Waals surface area contributed by atoms with Crippen molar-refractivity contribution < 1.29 is 0 Å². The molecule has 2 heterocycles. The minimum atomic E-state index is 0.430. The second-order valence-corrected chi connectivity index (χ2v) is 5.53. The maximum atomic E-state index is 9.11. The minimum absolute atomic E-state index is 0.430. The van der Waals surface area contributed by atoms with E-state index >= 15 is 0 Å². The summed E-state index contributed by atoms with van der Waals surface area (Å²) in [6, 6.07) is 12.0. The number of hydrogen-bond acceptors (Lipinski definition) is 3. The number of halogens is 1. The Morgan fingerprint density at radius 3 is 2.95 bits per heavy atom. The van der Waals surface area contributed by atoms with Crippen molar-refractivity contribution in [1.82, 2.24) is 4.98 Å². The Bertz CT molecular complexity index is 690. The first-order valence-corrected chi connectivity index (χ1v) is 6.98. The van der Waals surface area contributed by atoms with E-state index in [0.29, 0.717) is 22.3 Å². The first kappa shape index (κ1) is 13.0. The van der Waals surface area contributed by atoms with Gasteiger partial charge in [-0.3, -0.25) is 0 Å². The van der Waals surface area contributed by atoms with Crippen LogP contribution < -0.4 is 4.90 Å². The lowest BCUT2D eigenvalue weighted by molar-refractivity contribution is 0.560. The summed E-state index contributed by atoms with van der Waals surface area (Å²) < 4.78 is 0. The third-order valence-corrected chi connectivity index (χ3v) is 3.96. The number of hydrogen-bond donors (Lipinski definition) is 0. The summed E-state index contributed by atoms with van der Waals surface area (Å²) in [4.78, 5) is 6.50. The summed E-state index contributed by atoms with van der Waals surface area (Å²) in [6.45, 7) is 3.07. The van der Waals surface area contributed by atoms with E-state index < -0.39 is 0 Å². The van der Waals surface area contributed by atoms with Gasteiger partial charge in [0.15, 0.2) is 5.82 Å². The van der Waals surface area contributed by atoms with Gasteiger partial charge in [-0.1, -0.05) is 36.7 Å². The van der Waals surface area contributed by atoms with E-state index in [9.17, 15) is 0 Å². The van der Waals surface area contributed by atoms with E-state index in [-0.39, 0.29) is 0 Å². The number of nitriles is 1. The Labute approximate surface area is 123 Å². The van der Waals surface area contributed by atoms with Gasteiger partial charge in [-0.2, -0.15) is 5.26 Å². The quantitative estimate of drug-likeness (QED) is 0.796. The van der Waals surface area contributed by atoms with Gasteiger partial charge in [-0.15, -0.1) is 0 Å². The van der Waals surface area contributed by atoms with Crippen molar-refractivity contribution in [3.8, 4) is 6.07 Å². The summed E-state index contributed by atoms with van der Waals surface area (Å²) in [5.74, 6) is 1.19. The topological polar surface area (TPSA) is 39.9 Å². The van der Waals surface area contributed by atoms with Gasteiger partial charge < -0.3 is 4.90 Å². The van der Waals surface area contributed by atoms with Crippen molar-refractivity contribution >= 4 is 23.1 Å². The van der Waals surface area contributed by atoms with Crippen molar-refractivity contribution in [1.29, 1.82) is 5.26 Å². The van der Waals surface area contributed by atoms with Crippen LogP contribution in [-0.4, -0.2) is 11.5 Å². The van der Waals surface area contributed by atoms with Crippen LogP contribution in [0.2, 0.25) is 5.02 Å². The molecule has 0 fully saturated rings. The van der Waals surface area contributed by atoms with Crippen molar-refractivity contribution in [3.05, 3.63) is 52.7 Å². The first-order valence-electron chi connectivity index (χ1n) is 6.60. The van der Waals surface area contributed by atoms with Crippen LogP contribution in [0.3, 0.4) is 0 Å². The van der Waals surface area contributed by atoms with Crippen molar-refractivity contribution in [2.24, 2.45) is 5.92 Å². The van der Waals surface area contributed by atoms with Crippen molar-refractivity contribution in [2.45, 2.75) is 13.3 Å². The molecule has 100 valence electrons. The molecule has 1 aliphatic rings. The molecule has 20 heavy (non-hydrogen) atoms. The van der Waals surface area contributed by atoms with Crippen LogP contribution >= 0.6 is 11.6 Å². The lowest BCUT2D eigenvalue weighted by Gasteiger charge is -2.34. The molecule has 1 aromatic heterocycles. The van der Waals surface area contributed by atoms with E-state index in [0.717, 1.165) is 18.7 Å². The molecule has 0 saturated carbocycles. The Morgan fingerprint density at radius 1 is 1.35 bits per heavy atom. The maximum Gasteiger partial charge on any atom is 0.153 e. The average molecular weight is 284 g/mol. The van der Waals surface area contributed by atoms with Crippen molar-refractivity contribution in [3.63, 3.8) is 0 Å². The fourth-order valence-corrected chi connectivity index (χ4v) is 2.96. The SMILES string of the molecule is CC1Cc2ccccc2N(c2nccc(C#N)c2Cl)C1. The lowest BCUT2D eigenvalue weighted by Crippen LogP contribution is -2.31. The molecule has 0 aliphatic carbocycles. The number of anilines is 2. The zero-order chi connectivity index (χ0) is 14.1. The standard InChI is InChI=1S/C16H14ClN3/c1-11-8-12-4-2-3-5-14(12)20(10-11)16-15(17)13(9-18)6-7-19-16/h2-7,11H,8,10H2,1H3. The molecule has 1 aromatic carbocycles. The highest BCUT2D eigenvalue weighted by atomic mass is 35.5. The molecular formula is C16H14ClN3. The molecule has 1 atom stereocenters. The summed E-state index contributed by atoms with van der Waals surface area (Å²) in [7, 11) is 0. The van der Waals surface area contributed by atoms with E-state index in [2.05, 4.69) is 41.1 Å². The first-order chi connectivity index (χ1) is 9.70. The average Bonchev–Trinajstić information content (AvgIpc) is 2.46. The molecule has 0 amide bonds. The zero-order valence-corrected chi connectivity index (χ0v) is 11.9. The number of rotatable bonds is 1. The molecular weight excluding hydrogens is 270 g/mol. The second-order valence-electron chi connectivity index (χ2n) is 5.16. The Hall–Kier alpha value is -2.05. The molecule has 3 rings (SSSR count). The third kappa shape index (κ3) is 2.13. The van der Waals surface area contributed by atoms with Gasteiger partial charge in [-0.25, -0.2) is 4.98 Å². The van der Waals surface area contributed by atoms with Gasteiger partial charge in [0.2, 0.25) is 0 Å². The van der Waals surface area contributed by atoms with Crippen LogP contribution in [0.5, 0.6) is 0 Å². The number of aromatic nitrogens is 1. The van der Waals surface area contributed by atoms with Gasteiger partial charge in [0.1, 0.15) is 11.1 Å². The summed E-state index contributed by atoms with van der Waals surface area (Å²) >= 11 is 6.33. The molecule has 0 radical (unpaired) electrons. The Balaban J connectivity index is 2.14. The van der Waals surface area contributed by atoms with Gasteiger partial charge in [-0.05, 0) is 30.0 Å². The maximum absolute atomic E-state index is 9.11. The molecule has 0 spiro atoms. The Morgan fingerprint density at radius 2 is 2.15 bits per heavy atom. The normalized spacial score (nSPS) is 17.4. The van der Waals surface area contributed by atoms with Crippen molar-refractivity contribution in [2.75, 3.05) is 11.4 Å². The summed E-state index contributed by atoms with van der Waals surface area (Å²) in [6.07, 6.45) is 2.70. The fraction of sp³-hybridized carbons (Fsp3) is 0.250. The molecule has 4 heteroatoms. The van der Waals surface area contributed by atoms with Gasteiger partial charge in [0, 0.05) is 18.4 Å². The number of nitrogens with zero attached hydrogens (tertiary/aromatic N) is 3. The molecule has 1 unspecified atom stereocenters. The van der Waals surface area contributed by atoms with Gasteiger partial charge in [0.05, 0.1) is 5.56 Å². The molecule has 3 nitrogen and oxygen atoms in total. The van der Waals surface area contributed by atoms with Crippen LogP contribution in [0.4, 0.5) is 11.5 Å². The Kier molecular flexibility index (Phi) is 3.33. The van der Waals surface area contributed by atoms with Crippen LogP contribution in [-0.2, 0) is 6.42 Å². The summed E-state index contributed by atoms with van der Waals surface area (Å²) in [5, 5.41) is 9.54. The molecule has 2 aromatic rings. The predicted octanol–water partition coefficient (Wildman–Crippen LogP) is 3.94. The zero-order valence-electron chi connectivity index (χ0n) is 11.2. The molecule has 0 saturated heterocycles. The van der Waals surface area contributed by atoms with Crippen LogP contribution in [0.1, 0.15) is 18.1 Å². The smallest absolute Gasteiger partial charge is 0.153 e. The summed E-state index contributed by atoms with van der Waals surface area (Å²) in [5.41, 5.74) is 2.90. The largest absolute Gasteiger partial charge is 0.325 e. The van der Waals surface area contributed by atoms with Crippen LogP contribution in [0.25, 0.3) is 0 Å². The van der Waals surface area contributed by atoms with E-state index in [1.54, 1.807) is 12.3 Å². The van der Waals surface area contributed by atoms with E-state index in [4.69, 9.17) is 16.9 Å². The second kappa shape index (κ2) is 5.15. The van der Waals surface area contributed by atoms with Gasteiger partial charge >= 0.3 is 0 Å². The predicted molar refractivity (Wildman–Crippen MR) is 80.3 cm³/mol. The van der Waals surface area contributed by atoms with Crippen LogP contribution in [0.15, 0.2) is 36.5 Å². The molecule has 0 N–H and O–H groups in total. The monoisotopic (exact) mass is 283 g/mol. The van der Waals surface area contributed by atoms with Crippen LogP contribution in [0, 0.1) is 17.2 Å². The van der Waals surface area contributed by atoms with Gasteiger partial charge in [0.25, 0.3) is 0 Å². The number of fused-ring (bicyclic) bond motifs is 1. The highest BCUT2D eigenvalue weighted by Crippen LogP contribution is 2.38. The molecule has 1 aliphatic heterocycles. The third-order valence-electron chi connectivity index (χ3n) is 3.59. The highest BCUT2D eigenvalue weighted by molar-refractivity contribution is 6.34. The highest BCUT2D eigenvalue weighted by Gasteiger charge is 2.25. The minimum Gasteiger partial charge on any atom is -0.325 e. The number of para-hydroxylation sites is 1. The van der Waals surface area contributed by atoms with E-state index in [1.165, 1.54) is 5.56 Å². The lowest BCUT2D eigenvalue weighted by atomic mass is 9.94. The molecule has 0 bridgehead atoms. The number of benzene rings is 1. The van der Waals surface area contributed by atoms with E-state index in [1.807, 2.05) is 6.07 Å².